The summed E-state index contributed by atoms with van der Waals surface area (Å²) >= 11 is 0. The van der Waals surface area contributed by atoms with Gasteiger partial charge in [0.05, 0.1) is 7.11 Å². The Bertz CT molecular complexity index is 1040. The fourth-order valence-corrected chi connectivity index (χ4v) is 2.78. The highest BCUT2D eigenvalue weighted by atomic mass is 16.5. The molecule has 0 saturated heterocycles. The van der Waals surface area contributed by atoms with E-state index in [-0.39, 0.29) is 0 Å². The molecule has 0 aliphatic heterocycles. The van der Waals surface area contributed by atoms with E-state index < -0.39 is 0 Å². The van der Waals surface area contributed by atoms with Gasteiger partial charge in [-0.05, 0) is 42.0 Å². The Labute approximate surface area is 163 Å². The topological polar surface area (TPSA) is 72.8 Å². The van der Waals surface area contributed by atoms with Crippen LogP contribution in [-0.4, -0.2) is 27.3 Å². The van der Waals surface area contributed by atoms with Crippen LogP contribution in [-0.2, 0) is 6.54 Å². The summed E-state index contributed by atoms with van der Waals surface area (Å²) in [6, 6.07) is 23.5. The molecule has 0 atom stereocenters. The van der Waals surface area contributed by atoms with Gasteiger partial charge in [0.15, 0.2) is 5.82 Å². The molecule has 2 aromatic carbocycles. The number of rotatable bonds is 6. The van der Waals surface area contributed by atoms with Gasteiger partial charge in [-0.2, -0.15) is 0 Å². The average molecular weight is 369 g/mol. The maximum atomic E-state index is 5.24. The summed E-state index contributed by atoms with van der Waals surface area (Å²) in [7, 11) is 1.64. The highest BCUT2D eigenvalue weighted by Crippen LogP contribution is 2.27. The number of methoxy groups -OCH3 is 1. The second kappa shape index (κ2) is 8.26. The lowest BCUT2D eigenvalue weighted by Gasteiger charge is -2.12. The van der Waals surface area contributed by atoms with Crippen molar-refractivity contribution in [3.05, 3.63) is 84.6 Å². The van der Waals surface area contributed by atoms with E-state index in [0.717, 1.165) is 16.9 Å². The number of hydrogen-bond donors (Lipinski definition) is 1. The van der Waals surface area contributed by atoms with Gasteiger partial charge in [-0.15, -0.1) is 10.2 Å². The van der Waals surface area contributed by atoms with E-state index in [4.69, 9.17) is 9.72 Å². The number of hydrogen-bond acceptors (Lipinski definition) is 6. The van der Waals surface area contributed by atoms with E-state index >= 15 is 0 Å². The first-order chi connectivity index (χ1) is 13.8. The SMILES string of the molecule is COc1ccc(-c2nnc(-c3ccccn3)nc2NCc2ccccc2)cc1. The molecule has 0 bridgehead atoms. The third-order valence-electron chi connectivity index (χ3n) is 4.25. The molecule has 0 unspecified atom stereocenters. The molecule has 1 N–H and O–H groups in total. The maximum absolute atomic E-state index is 5.24. The van der Waals surface area contributed by atoms with Crippen LogP contribution in [0.25, 0.3) is 22.8 Å². The minimum atomic E-state index is 0.480. The van der Waals surface area contributed by atoms with Crippen LogP contribution in [0.15, 0.2) is 79.0 Å². The monoisotopic (exact) mass is 369 g/mol. The first-order valence-electron chi connectivity index (χ1n) is 8.92. The fourth-order valence-electron chi connectivity index (χ4n) is 2.78. The lowest BCUT2D eigenvalue weighted by atomic mass is 10.1. The predicted octanol–water partition coefficient (Wildman–Crippen LogP) is 4.22. The van der Waals surface area contributed by atoms with Crippen molar-refractivity contribution in [2.24, 2.45) is 0 Å². The van der Waals surface area contributed by atoms with Crippen molar-refractivity contribution in [1.82, 2.24) is 20.2 Å². The first kappa shape index (κ1) is 17.6. The molecule has 28 heavy (non-hydrogen) atoms. The number of nitrogens with one attached hydrogen (secondary N) is 1. The van der Waals surface area contributed by atoms with Gasteiger partial charge in [0.2, 0.25) is 5.82 Å². The number of ether oxygens (including phenoxy) is 1. The van der Waals surface area contributed by atoms with Crippen LogP contribution in [0.5, 0.6) is 5.75 Å². The zero-order valence-electron chi connectivity index (χ0n) is 15.4. The van der Waals surface area contributed by atoms with E-state index in [2.05, 4.69) is 32.6 Å². The number of aromatic nitrogens is 4. The van der Waals surface area contributed by atoms with Gasteiger partial charge in [-0.3, -0.25) is 4.98 Å². The van der Waals surface area contributed by atoms with Gasteiger partial charge < -0.3 is 10.1 Å². The van der Waals surface area contributed by atoms with Gasteiger partial charge in [0, 0.05) is 18.3 Å². The molecule has 6 heteroatoms. The molecular weight excluding hydrogens is 350 g/mol. The number of pyridine rings is 1. The van der Waals surface area contributed by atoms with Crippen molar-refractivity contribution in [3.8, 4) is 28.5 Å². The van der Waals surface area contributed by atoms with Crippen molar-refractivity contribution in [3.63, 3.8) is 0 Å². The zero-order chi connectivity index (χ0) is 19.2. The summed E-state index contributed by atoms with van der Waals surface area (Å²) < 4.78 is 5.24. The predicted molar refractivity (Wildman–Crippen MR) is 109 cm³/mol. The molecule has 6 nitrogen and oxygen atoms in total. The lowest BCUT2D eigenvalue weighted by molar-refractivity contribution is 0.415. The first-order valence-corrected chi connectivity index (χ1v) is 8.92. The second-order valence-electron chi connectivity index (χ2n) is 6.12. The molecule has 0 fully saturated rings. The Morgan fingerprint density at radius 3 is 2.36 bits per heavy atom. The molecule has 0 aliphatic rings. The largest absolute Gasteiger partial charge is 0.497 e. The molecular formula is C22H19N5O. The van der Waals surface area contributed by atoms with E-state index in [1.54, 1.807) is 13.3 Å². The van der Waals surface area contributed by atoms with Crippen LogP contribution in [0.1, 0.15) is 5.56 Å². The van der Waals surface area contributed by atoms with Gasteiger partial charge in [-0.1, -0.05) is 36.4 Å². The summed E-state index contributed by atoms with van der Waals surface area (Å²) in [5.41, 5.74) is 3.42. The fraction of sp³-hybridized carbons (Fsp3) is 0.0909. The Balaban J connectivity index is 1.71. The van der Waals surface area contributed by atoms with Crippen molar-refractivity contribution >= 4 is 5.82 Å². The molecule has 0 saturated carbocycles. The van der Waals surface area contributed by atoms with Crippen LogP contribution in [0.3, 0.4) is 0 Å². The lowest BCUT2D eigenvalue weighted by Crippen LogP contribution is -2.07. The molecule has 0 spiro atoms. The van der Waals surface area contributed by atoms with Crippen LogP contribution in [0.4, 0.5) is 5.82 Å². The Hall–Kier alpha value is -3.80. The maximum Gasteiger partial charge on any atom is 0.202 e. The molecule has 4 rings (SSSR count). The number of nitrogens with zero attached hydrogens (tertiary/aromatic N) is 4. The molecule has 0 aliphatic carbocycles. The standard InChI is InChI=1S/C22H19N5O/c1-28-18-12-10-17(11-13-18)20-22(24-15-16-7-3-2-4-8-16)25-21(27-26-20)19-9-5-6-14-23-19/h2-14H,15H2,1H3,(H,24,25,27). The summed E-state index contributed by atoms with van der Waals surface area (Å²) in [5.74, 6) is 1.92. The smallest absolute Gasteiger partial charge is 0.202 e. The van der Waals surface area contributed by atoms with Gasteiger partial charge in [0.25, 0.3) is 0 Å². The Kier molecular flexibility index (Phi) is 5.20. The summed E-state index contributed by atoms with van der Waals surface area (Å²) in [6.45, 7) is 0.629. The average Bonchev–Trinajstić information content (AvgIpc) is 2.79. The van der Waals surface area contributed by atoms with Crippen LogP contribution in [0, 0.1) is 0 Å². The number of anilines is 1. The number of benzene rings is 2. The van der Waals surface area contributed by atoms with Gasteiger partial charge in [0.1, 0.15) is 17.1 Å². The highest BCUT2D eigenvalue weighted by molar-refractivity contribution is 5.72. The third kappa shape index (κ3) is 3.96. The van der Waals surface area contributed by atoms with Crippen molar-refractivity contribution < 1.29 is 4.74 Å². The molecule has 0 amide bonds. The van der Waals surface area contributed by atoms with Crippen LogP contribution in [0.2, 0.25) is 0 Å². The van der Waals surface area contributed by atoms with Crippen molar-refractivity contribution in [1.29, 1.82) is 0 Å². The van der Waals surface area contributed by atoms with Crippen molar-refractivity contribution in [2.45, 2.75) is 6.54 Å². The minimum Gasteiger partial charge on any atom is -0.497 e. The molecule has 0 radical (unpaired) electrons. The van der Waals surface area contributed by atoms with Gasteiger partial charge in [-0.25, -0.2) is 4.98 Å². The molecule has 2 heterocycles. The zero-order valence-corrected chi connectivity index (χ0v) is 15.4. The molecule has 138 valence electrons. The highest BCUT2D eigenvalue weighted by Gasteiger charge is 2.13. The summed E-state index contributed by atoms with van der Waals surface area (Å²) in [5, 5.41) is 12.1. The second-order valence-corrected chi connectivity index (χ2v) is 6.12. The quantitative estimate of drug-likeness (QED) is 0.549. The minimum absolute atomic E-state index is 0.480. The third-order valence-corrected chi connectivity index (χ3v) is 4.25. The Morgan fingerprint density at radius 1 is 0.857 bits per heavy atom. The van der Waals surface area contributed by atoms with Crippen LogP contribution < -0.4 is 10.1 Å². The van der Waals surface area contributed by atoms with E-state index in [1.165, 1.54) is 0 Å². The summed E-state index contributed by atoms with van der Waals surface area (Å²) in [4.78, 5) is 9.02. The Morgan fingerprint density at radius 2 is 1.64 bits per heavy atom. The molecule has 2 aromatic heterocycles. The van der Waals surface area contributed by atoms with E-state index in [9.17, 15) is 0 Å². The van der Waals surface area contributed by atoms with Crippen molar-refractivity contribution in [2.75, 3.05) is 12.4 Å². The summed E-state index contributed by atoms with van der Waals surface area (Å²) in [6.07, 6.45) is 1.72. The molecule has 4 aromatic rings. The van der Waals surface area contributed by atoms with E-state index in [1.807, 2.05) is 60.7 Å². The van der Waals surface area contributed by atoms with Gasteiger partial charge >= 0.3 is 0 Å². The van der Waals surface area contributed by atoms with E-state index in [0.29, 0.717) is 29.6 Å². The van der Waals surface area contributed by atoms with Crippen LogP contribution >= 0.6 is 0 Å². The normalized spacial score (nSPS) is 10.5.